The monoisotopic (exact) mass is 396 g/mol. The zero-order chi connectivity index (χ0) is 16.9. The molecule has 1 aromatic carbocycles. The van der Waals surface area contributed by atoms with Crippen molar-refractivity contribution < 1.29 is 4.79 Å². The Morgan fingerprint density at radius 1 is 1.08 bits per heavy atom. The standard InChI is InChI=1S/C17H14Cl2N2OS2/c18-14-8-11(20-10-13-4-6-16(19)24-13)3-5-15(14)21-17(22)9-12-2-1-7-23-12/h1-8,20H,9-10H2,(H,21,22). The largest absolute Gasteiger partial charge is 0.380 e. The summed E-state index contributed by atoms with van der Waals surface area (Å²) in [7, 11) is 0. The van der Waals surface area contributed by atoms with Crippen LogP contribution in [0.1, 0.15) is 9.75 Å². The first-order chi connectivity index (χ1) is 11.6. The lowest BCUT2D eigenvalue weighted by molar-refractivity contribution is -0.115. The van der Waals surface area contributed by atoms with Crippen molar-refractivity contribution in [2.75, 3.05) is 10.6 Å². The Morgan fingerprint density at radius 3 is 2.62 bits per heavy atom. The molecule has 1 amide bonds. The molecule has 0 unspecified atom stereocenters. The zero-order valence-corrected chi connectivity index (χ0v) is 15.7. The van der Waals surface area contributed by atoms with E-state index in [2.05, 4.69) is 10.6 Å². The number of anilines is 2. The zero-order valence-electron chi connectivity index (χ0n) is 12.5. The van der Waals surface area contributed by atoms with Crippen molar-refractivity contribution in [1.29, 1.82) is 0 Å². The molecule has 0 spiro atoms. The number of benzene rings is 1. The first-order valence-electron chi connectivity index (χ1n) is 7.20. The van der Waals surface area contributed by atoms with E-state index in [9.17, 15) is 4.79 Å². The number of thiophene rings is 2. The summed E-state index contributed by atoms with van der Waals surface area (Å²) >= 11 is 15.3. The molecule has 0 aliphatic carbocycles. The van der Waals surface area contributed by atoms with Gasteiger partial charge in [0.15, 0.2) is 0 Å². The number of carbonyl (C=O) groups excluding carboxylic acids is 1. The van der Waals surface area contributed by atoms with Gasteiger partial charge in [0.25, 0.3) is 0 Å². The SMILES string of the molecule is O=C(Cc1cccs1)Nc1ccc(NCc2ccc(Cl)s2)cc1Cl. The van der Waals surface area contributed by atoms with Gasteiger partial charge in [0, 0.05) is 22.0 Å². The average molecular weight is 397 g/mol. The van der Waals surface area contributed by atoms with E-state index in [1.807, 2.05) is 35.7 Å². The second-order valence-electron chi connectivity index (χ2n) is 5.06. The molecule has 0 saturated heterocycles. The molecule has 0 fully saturated rings. The lowest BCUT2D eigenvalue weighted by Gasteiger charge is -2.10. The summed E-state index contributed by atoms with van der Waals surface area (Å²) in [6.45, 7) is 0.678. The second-order valence-corrected chi connectivity index (χ2v) is 8.30. The summed E-state index contributed by atoms with van der Waals surface area (Å²) in [5, 5.41) is 8.59. The molecule has 3 aromatic rings. The van der Waals surface area contributed by atoms with Crippen molar-refractivity contribution >= 4 is 63.2 Å². The second kappa shape index (κ2) is 8.03. The molecule has 7 heteroatoms. The molecule has 0 radical (unpaired) electrons. The van der Waals surface area contributed by atoms with Crippen molar-refractivity contribution in [1.82, 2.24) is 0 Å². The molecule has 2 aromatic heterocycles. The van der Waals surface area contributed by atoms with Gasteiger partial charge in [0.05, 0.1) is 21.5 Å². The number of hydrogen-bond donors (Lipinski definition) is 2. The normalized spacial score (nSPS) is 10.6. The number of halogens is 2. The fourth-order valence-electron chi connectivity index (χ4n) is 2.13. The predicted octanol–water partition coefficient (Wildman–Crippen LogP) is 5.91. The van der Waals surface area contributed by atoms with E-state index in [0.29, 0.717) is 23.7 Å². The highest BCUT2D eigenvalue weighted by Gasteiger charge is 2.08. The Labute approximate surface area is 158 Å². The van der Waals surface area contributed by atoms with Crippen LogP contribution < -0.4 is 10.6 Å². The van der Waals surface area contributed by atoms with E-state index in [1.165, 1.54) is 11.3 Å². The van der Waals surface area contributed by atoms with E-state index in [4.69, 9.17) is 23.2 Å². The van der Waals surface area contributed by atoms with Crippen LogP contribution in [0.3, 0.4) is 0 Å². The summed E-state index contributed by atoms with van der Waals surface area (Å²) in [4.78, 5) is 14.2. The van der Waals surface area contributed by atoms with Crippen LogP contribution in [0.2, 0.25) is 9.36 Å². The van der Waals surface area contributed by atoms with Gasteiger partial charge in [-0.05, 0) is 41.8 Å². The van der Waals surface area contributed by atoms with Crippen LogP contribution in [-0.4, -0.2) is 5.91 Å². The van der Waals surface area contributed by atoms with Crippen molar-refractivity contribution in [3.05, 3.63) is 67.0 Å². The summed E-state index contributed by atoms with van der Waals surface area (Å²) in [6.07, 6.45) is 0.354. The summed E-state index contributed by atoms with van der Waals surface area (Å²) in [6, 6.07) is 13.2. The molecular formula is C17H14Cl2N2OS2. The smallest absolute Gasteiger partial charge is 0.229 e. The van der Waals surface area contributed by atoms with Crippen LogP contribution >= 0.6 is 45.9 Å². The quantitative estimate of drug-likeness (QED) is 0.543. The van der Waals surface area contributed by atoms with Gasteiger partial charge < -0.3 is 10.6 Å². The molecule has 0 aliphatic rings. The number of nitrogens with one attached hydrogen (secondary N) is 2. The molecular weight excluding hydrogens is 383 g/mol. The first kappa shape index (κ1) is 17.3. The highest BCUT2D eigenvalue weighted by Crippen LogP contribution is 2.27. The number of hydrogen-bond acceptors (Lipinski definition) is 4. The maximum Gasteiger partial charge on any atom is 0.229 e. The van der Waals surface area contributed by atoms with Crippen LogP contribution in [-0.2, 0) is 17.8 Å². The van der Waals surface area contributed by atoms with Gasteiger partial charge in [0.2, 0.25) is 5.91 Å². The highest BCUT2D eigenvalue weighted by molar-refractivity contribution is 7.16. The third-order valence-electron chi connectivity index (χ3n) is 3.25. The van der Waals surface area contributed by atoms with Crippen molar-refractivity contribution in [3.8, 4) is 0 Å². The molecule has 0 bridgehead atoms. The van der Waals surface area contributed by atoms with Crippen molar-refractivity contribution in [3.63, 3.8) is 0 Å². The van der Waals surface area contributed by atoms with Crippen LogP contribution in [0, 0.1) is 0 Å². The minimum absolute atomic E-state index is 0.0757. The minimum atomic E-state index is -0.0757. The lowest BCUT2D eigenvalue weighted by atomic mass is 10.2. The number of carbonyl (C=O) groups is 1. The Bertz CT molecular complexity index is 831. The summed E-state index contributed by atoms with van der Waals surface area (Å²) in [5.74, 6) is -0.0757. The van der Waals surface area contributed by atoms with Gasteiger partial charge >= 0.3 is 0 Å². The fourth-order valence-corrected chi connectivity index (χ4v) is 4.09. The first-order valence-corrected chi connectivity index (χ1v) is 9.65. The fraction of sp³-hybridized carbons (Fsp3) is 0.118. The highest BCUT2D eigenvalue weighted by atomic mass is 35.5. The Balaban J connectivity index is 1.58. The Kier molecular flexibility index (Phi) is 5.79. The molecule has 0 saturated carbocycles. The molecule has 0 aliphatic heterocycles. The molecule has 0 atom stereocenters. The van der Waals surface area contributed by atoms with Gasteiger partial charge in [-0.25, -0.2) is 0 Å². The van der Waals surface area contributed by atoms with Gasteiger partial charge in [0.1, 0.15) is 0 Å². The topological polar surface area (TPSA) is 41.1 Å². The van der Waals surface area contributed by atoms with Crippen molar-refractivity contribution in [2.45, 2.75) is 13.0 Å². The third kappa shape index (κ3) is 4.74. The van der Waals surface area contributed by atoms with Gasteiger partial charge in [-0.1, -0.05) is 29.3 Å². The van der Waals surface area contributed by atoms with Gasteiger partial charge in [-0.2, -0.15) is 0 Å². The molecule has 124 valence electrons. The van der Waals surface area contributed by atoms with Gasteiger partial charge in [-0.3, -0.25) is 4.79 Å². The van der Waals surface area contributed by atoms with E-state index in [-0.39, 0.29) is 5.91 Å². The molecule has 3 rings (SSSR count). The van der Waals surface area contributed by atoms with Gasteiger partial charge in [-0.15, -0.1) is 22.7 Å². The van der Waals surface area contributed by atoms with E-state index in [0.717, 1.165) is 19.8 Å². The Morgan fingerprint density at radius 2 is 1.96 bits per heavy atom. The maximum absolute atomic E-state index is 12.0. The van der Waals surface area contributed by atoms with Crippen LogP contribution in [0.15, 0.2) is 47.8 Å². The number of amides is 1. The molecule has 2 heterocycles. The summed E-state index contributed by atoms with van der Waals surface area (Å²) in [5.41, 5.74) is 1.50. The van der Waals surface area contributed by atoms with Crippen LogP contribution in [0.4, 0.5) is 11.4 Å². The molecule has 3 nitrogen and oxygen atoms in total. The Hall–Kier alpha value is -1.53. The summed E-state index contributed by atoms with van der Waals surface area (Å²) < 4.78 is 0.772. The lowest BCUT2D eigenvalue weighted by Crippen LogP contribution is -2.14. The predicted molar refractivity (Wildman–Crippen MR) is 105 cm³/mol. The minimum Gasteiger partial charge on any atom is -0.380 e. The molecule has 2 N–H and O–H groups in total. The van der Waals surface area contributed by atoms with E-state index >= 15 is 0 Å². The van der Waals surface area contributed by atoms with E-state index in [1.54, 1.807) is 23.5 Å². The molecule has 24 heavy (non-hydrogen) atoms. The van der Waals surface area contributed by atoms with Crippen LogP contribution in [0.25, 0.3) is 0 Å². The maximum atomic E-state index is 12.0. The number of rotatable bonds is 6. The van der Waals surface area contributed by atoms with Crippen molar-refractivity contribution in [2.24, 2.45) is 0 Å². The van der Waals surface area contributed by atoms with Crippen LogP contribution in [0.5, 0.6) is 0 Å². The average Bonchev–Trinajstić information content (AvgIpc) is 3.19. The third-order valence-corrected chi connectivity index (χ3v) is 5.67. The van der Waals surface area contributed by atoms with E-state index < -0.39 is 0 Å².